The Hall–Kier alpha value is -3.02. The van der Waals surface area contributed by atoms with Gasteiger partial charge < -0.3 is 18.6 Å². The Bertz CT molecular complexity index is 771. The summed E-state index contributed by atoms with van der Waals surface area (Å²) < 4.78 is 20.7. The molecule has 0 atom stereocenters. The Morgan fingerprint density at radius 2 is 1.87 bits per heavy atom. The number of rotatable bonds is 4. The Balaban J connectivity index is 1.73. The van der Waals surface area contributed by atoms with Crippen LogP contribution in [-0.2, 0) is 4.74 Å². The third-order valence-electron chi connectivity index (χ3n) is 3.24. The van der Waals surface area contributed by atoms with Gasteiger partial charge in [-0.2, -0.15) is 0 Å². The number of fused-ring (bicyclic) bond motifs is 1. The number of methoxy groups -OCH3 is 1. The van der Waals surface area contributed by atoms with Gasteiger partial charge in [-0.15, -0.1) is 0 Å². The second kappa shape index (κ2) is 6.39. The molecule has 0 aliphatic carbocycles. The number of carbonyl (C=O) groups excluding carboxylic acids is 2. The third-order valence-corrected chi connectivity index (χ3v) is 3.24. The van der Waals surface area contributed by atoms with Crippen LogP contribution in [0.25, 0.3) is 6.08 Å². The van der Waals surface area contributed by atoms with Crippen LogP contribution in [0.3, 0.4) is 0 Å². The molecule has 0 fully saturated rings. The molecule has 1 aromatic carbocycles. The quantitative estimate of drug-likeness (QED) is 0.491. The Kier molecular flexibility index (Phi) is 4.14. The summed E-state index contributed by atoms with van der Waals surface area (Å²) in [5.74, 6) is 0.878. The van der Waals surface area contributed by atoms with Crippen LogP contribution >= 0.6 is 0 Å². The van der Waals surface area contributed by atoms with E-state index in [0.29, 0.717) is 36.0 Å². The first-order valence-corrected chi connectivity index (χ1v) is 6.97. The molecular weight excluding hydrogens is 300 g/mol. The summed E-state index contributed by atoms with van der Waals surface area (Å²) in [5.41, 5.74) is 0.477. The van der Waals surface area contributed by atoms with Crippen LogP contribution in [0.4, 0.5) is 0 Å². The van der Waals surface area contributed by atoms with Crippen molar-refractivity contribution in [1.82, 2.24) is 0 Å². The average molecular weight is 314 g/mol. The summed E-state index contributed by atoms with van der Waals surface area (Å²) >= 11 is 0. The fourth-order valence-corrected chi connectivity index (χ4v) is 2.10. The smallest absolute Gasteiger partial charge is 0.373 e. The second-order valence-electron chi connectivity index (χ2n) is 4.75. The highest BCUT2D eigenvalue weighted by Crippen LogP contribution is 2.31. The molecule has 1 aliphatic heterocycles. The van der Waals surface area contributed by atoms with Crippen LogP contribution in [0.2, 0.25) is 0 Å². The molecule has 0 saturated carbocycles. The highest BCUT2D eigenvalue weighted by atomic mass is 16.6. The number of ketones is 1. The predicted octanol–water partition coefficient (Wildman–Crippen LogP) is 2.73. The molecule has 0 amide bonds. The molecule has 118 valence electrons. The number of hydrogen-bond acceptors (Lipinski definition) is 6. The van der Waals surface area contributed by atoms with Gasteiger partial charge in [-0.25, -0.2) is 4.79 Å². The van der Waals surface area contributed by atoms with Gasteiger partial charge in [-0.1, -0.05) is 0 Å². The minimum absolute atomic E-state index is 0.0823. The molecule has 0 bridgehead atoms. The number of esters is 1. The van der Waals surface area contributed by atoms with Crippen molar-refractivity contribution in [3.8, 4) is 11.5 Å². The predicted molar refractivity (Wildman–Crippen MR) is 80.8 cm³/mol. The first kappa shape index (κ1) is 14.9. The van der Waals surface area contributed by atoms with Gasteiger partial charge in [0.25, 0.3) is 0 Å². The van der Waals surface area contributed by atoms with E-state index in [1.807, 2.05) is 0 Å². The van der Waals surface area contributed by atoms with Gasteiger partial charge in [0.05, 0.1) is 7.11 Å². The van der Waals surface area contributed by atoms with Crippen molar-refractivity contribution in [2.45, 2.75) is 0 Å². The second-order valence-corrected chi connectivity index (χ2v) is 4.75. The van der Waals surface area contributed by atoms with Gasteiger partial charge in [0.1, 0.15) is 19.0 Å². The molecular formula is C17H14O6. The molecule has 6 heteroatoms. The van der Waals surface area contributed by atoms with Gasteiger partial charge in [0, 0.05) is 5.56 Å². The van der Waals surface area contributed by atoms with Crippen molar-refractivity contribution >= 4 is 17.8 Å². The van der Waals surface area contributed by atoms with Gasteiger partial charge >= 0.3 is 5.97 Å². The van der Waals surface area contributed by atoms with E-state index in [9.17, 15) is 9.59 Å². The van der Waals surface area contributed by atoms with Gasteiger partial charge in [0.2, 0.25) is 5.76 Å². The molecule has 0 saturated heterocycles. The lowest BCUT2D eigenvalue weighted by Gasteiger charge is -2.18. The number of benzene rings is 1. The summed E-state index contributed by atoms with van der Waals surface area (Å²) in [4.78, 5) is 23.5. The molecule has 0 spiro atoms. The fourth-order valence-electron chi connectivity index (χ4n) is 2.10. The number of ether oxygens (including phenoxy) is 3. The number of carbonyl (C=O) groups is 2. The van der Waals surface area contributed by atoms with E-state index in [4.69, 9.17) is 13.9 Å². The fraction of sp³-hybridized carbons (Fsp3) is 0.176. The minimum Gasteiger partial charge on any atom is -0.486 e. The van der Waals surface area contributed by atoms with Crippen molar-refractivity contribution in [3.05, 3.63) is 53.5 Å². The standard InChI is InChI=1S/C17H14O6/c1-20-17(19)15-7-4-12(23-15)3-5-13(18)11-2-6-14-16(10-11)22-9-8-21-14/h2-7,10H,8-9H2,1H3. The lowest BCUT2D eigenvalue weighted by Crippen LogP contribution is -2.15. The SMILES string of the molecule is COC(=O)c1ccc(C=CC(=O)c2ccc3c(c2)OCCO3)o1. The lowest BCUT2D eigenvalue weighted by atomic mass is 10.1. The molecule has 2 aromatic rings. The maximum atomic E-state index is 12.2. The van der Waals surface area contributed by atoms with Crippen molar-refractivity contribution in [2.24, 2.45) is 0 Å². The van der Waals surface area contributed by atoms with E-state index in [0.717, 1.165) is 0 Å². The molecule has 2 heterocycles. The summed E-state index contributed by atoms with van der Waals surface area (Å²) in [6, 6.07) is 8.09. The molecule has 0 unspecified atom stereocenters. The molecule has 0 N–H and O–H groups in total. The monoisotopic (exact) mass is 314 g/mol. The highest BCUT2D eigenvalue weighted by Gasteiger charge is 2.14. The van der Waals surface area contributed by atoms with Crippen LogP contribution in [-0.4, -0.2) is 32.1 Å². The number of furan rings is 1. The van der Waals surface area contributed by atoms with Gasteiger partial charge in [-0.3, -0.25) is 4.79 Å². The van der Waals surface area contributed by atoms with Crippen molar-refractivity contribution in [2.75, 3.05) is 20.3 Å². The minimum atomic E-state index is -0.567. The topological polar surface area (TPSA) is 75.0 Å². The zero-order valence-corrected chi connectivity index (χ0v) is 12.4. The van der Waals surface area contributed by atoms with Crippen molar-refractivity contribution in [3.63, 3.8) is 0 Å². The van der Waals surface area contributed by atoms with E-state index < -0.39 is 5.97 Å². The zero-order chi connectivity index (χ0) is 16.2. The number of hydrogen-bond donors (Lipinski definition) is 0. The van der Waals surface area contributed by atoms with Crippen LogP contribution in [0.15, 0.2) is 40.8 Å². The average Bonchev–Trinajstić information content (AvgIpc) is 3.07. The summed E-state index contributed by atoms with van der Waals surface area (Å²) in [6.45, 7) is 0.963. The molecule has 0 radical (unpaired) electrons. The molecule has 23 heavy (non-hydrogen) atoms. The summed E-state index contributed by atoms with van der Waals surface area (Å²) in [6.07, 6.45) is 2.86. The van der Waals surface area contributed by atoms with E-state index in [-0.39, 0.29) is 11.5 Å². The van der Waals surface area contributed by atoms with E-state index in [1.165, 1.54) is 25.3 Å². The Labute approximate surface area is 132 Å². The van der Waals surface area contributed by atoms with Crippen LogP contribution in [0.5, 0.6) is 11.5 Å². The van der Waals surface area contributed by atoms with E-state index in [1.54, 1.807) is 24.3 Å². The van der Waals surface area contributed by atoms with Gasteiger partial charge in [0.15, 0.2) is 17.3 Å². The first-order chi connectivity index (χ1) is 11.2. The van der Waals surface area contributed by atoms with Gasteiger partial charge in [-0.05, 0) is 42.5 Å². The lowest BCUT2D eigenvalue weighted by molar-refractivity contribution is 0.0564. The van der Waals surface area contributed by atoms with Crippen LogP contribution < -0.4 is 9.47 Å². The first-order valence-electron chi connectivity index (χ1n) is 6.97. The summed E-state index contributed by atoms with van der Waals surface area (Å²) in [7, 11) is 1.27. The number of allylic oxidation sites excluding steroid dienone is 1. The van der Waals surface area contributed by atoms with Crippen molar-refractivity contribution < 1.29 is 28.2 Å². The van der Waals surface area contributed by atoms with Crippen LogP contribution in [0, 0.1) is 0 Å². The molecule has 1 aliphatic rings. The van der Waals surface area contributed by atoms with Crippen molar-refractivity contribution in [1.29, 1.82) is 0 Å². The third kappa shape index (κ3) is 3.26. The Morgan fingerprint density at radius 1 is 1.09 bits per heavy atom. The van der Waals surface area contributed by atoms with E-state index in [2.05, 4.69) is 4.74 Å². The maximum absolute atomic E-state index is 12.2. The summed E-state index contributed by atoms with van der Waals surface area (Å²) in [5, 5.41) is 0. The van der Waals surface area contributed by atoms with E-state index >= 15 is 0 Å². The molecule has 6 nitrogen and oxygen atoms in total. The van der Waals surface area contributed by atoms with Crippen LogP contribution in [0.1, 0.15) is 26.7 Å². The highest BCUT2D eigenvalue weighted by molar-refractivity contribution is 6.07. The largest absolute Gasteiger partial charge is 0.486 e. The molecule has 1 aromatic heterocycles. The zero-order valence-electron chi connectivity index (χ0n) is 12.4. The maximum Gasteiger partial charge on any atom is 0.373 e. The normalized spacial score (nSPS) is 13.1. The molecule has 3 rings (SSSR count). The Morgan fingerprint density at radius 3 is 2.65 bits per heavy atom.